The van der Waals surface area contributed by atoms with E-state index in [1.54, 1.807) is 0 Å². The van der Waals surface area contributed by atoms with Crippen molar-refractivity contribution in [3.05, 3.63) is 0 Å². The molecule has 0 bridgehead atoms. The van der Waals surface area contributed by atoms with Gasteiger partial charge in [-0.05, 0) is 12.8 Å². The summed E-state index contributed by atoms with van der Waals surface area (Å²) in [5.41, 5.74) is 0. The van der Waals surface area contributed by atoms with E-state index in [1.807, 2.05) is 0 Å². The highest BCUT2D eigenvalue weighted by molar-refractivity contribution is 7.87. The molecule has 0 unspecified atom stereocenters. The summed E-state index contributed by atoms with van der Waals surface area (Å²) in [7, 11) is -0.468. The molecule has 1 aliphatic rings. The van der Waals surface area contributed by atoms with Crippen molar-refractivity contribution in [3.8, 4) is 0 Å². The van der Waals surface area contributed by atoms with Gasteiger partial charge in [0, 0.05) is 20.1 Å². The maximum absolute atomic E-state index is 11.4. The minimum Gasteiger partial charge on any atom is -0.391 e. The summed E-state index contributed by atoms with van der Waals surface area (Å²) < 4.78 is 26.5. The van der Waals surface area contributed by atoms with E-state index in [1.165, 1.54) is 14.1 Å². The molecule has 0 spiro atoms. The fourth-order valence-electron chi connectivity index (χ4n) is 1.55. The maximum Gasteiger partial charge on any atom is 0.279 e. The first-order valence-corrected chi connectivity index (χ1v) is 6.25. The van der Waals surface area contributed by atoms with Crippen LogP contribution in [0.2, 0.25) is 0 Å². The van der Waals surface area contributed by atoms with Crippen molar-refractivity contribution >= 4 is 10.2 Å². The third-order valence-electron chi connectivity index (χ3n) is 2.51. The number of nitrogens with zero attached hydrogens (tertiary/aromatic N) is 1. The fourth-order valence-corrected chi connectivity index (χ4v) is 2.41. The molecule has 5 nitrogen and oxygen atoms in total. The Balaban J connectivity index is 2.58. The molecule has 1 rings (SSSR count). The summed E-state index contributed by atoms with van der Waals surface area (Å²) in [6.07, 6.45) is 2.80. The molecule has 0 radical (unpaired) electrons. The maximum atomic E-state index is 11.4. The van der Waals surface area contributed by atoms with Crippen LogP contribution in [0, 0.1) is 0 Å². The molecular weight excluding hydrogens is 204 g/mol. The van der Waals surface area contributed by atoms with E-state index in [4.69, 9.17) is 0 Å². The zero-order valence-electron chi connectivity index (χ0n) is 8.60. The van der Waals surface area contributed by atoms with Crippen LogP contribution in [-0.2, 0) is 10.2 Å². The summed E-state index contributed by atoms with van der Waals surface area (Å²) >= 11 is 0. The van der Waals surface area contributed by atoms with Gasteiger partial charge in [0.1, 0.15) is 0 Å². The molecule has 84 valence electrons. The van der Waals surface area contributed by atoms with Gasteiger partial charge in [-0.15, -0.1) is 0 Å². The van der Waals surface area contributed by atoms with Gasteiger partial charge >= 0.3 is 0 Å². The summed E-state index contributed by atoms with van der Waals surface area (Å²) in [6, 6.07) is -0.323. The first kappa shape index (κ1) is 11.9. The van der Waals surface area contributed by atoms with Gasteiger partial charge in [-0.25, -0.2) is 0 Å². The predicted octanol–water partition coefficient (Wildman–Crippen LogP) is -0.314. The highest BCUT2D eigenvalue weighted by Crippen LogP contribution is 2.19. The summed E-state index contributed by atoms with van der Waals surface area (Å²) in [4.78, 5) is 0. The third kappa shape index (κ3) is 2.91. The average molecular weight is 222 g/mol. The van der Waals surface area contributed by atoms with Crippen LogP contribution in [-0.4, -0.2) is 44.1 Å². The number of aliphatic hydroxyl groups excluding tert-OH is 1. The van der Waals surface area contributed by atoms with Gasteiger partial charge in [-0.1, -0.05) is 12.8 Å². The van der Waals surface area contributed by atoms with Crippen LogP contribution >= 0.6 is 0 Å². The smallest absolute Gasteiger partial charge is 0.279 e. The molecule has 1 aliphatic carbocycles. The van der Waals surface area contributed by atoms with E-state index in [0.29, 0.717) is 12.8 Å². The molecule has 0 aliphatic heterocycles. The number of nitrogens with one attached hydrogen (secondary N) is 1. The Bertz CT molecular complexity index is 276. The largest absolute Gasteiger partial charge is 0.391 e. The Labute approximate surface area is 85.3 Å². The zero-order chi connectivity index (χ0) is 10.8. The van der Waals surface area contributed by atoms with Gasteiger partial charge in [-0.3, -0.25) is 0 Å². The van der Waals surface area contributed by atoms with Crippen molar-refractivity contribution in [1.29, 1.82) is 0 Å². The highest BCUT2D eigenvalue weighted by Gasteiger charge is 2.27. The quantitative estimate of drug-likeness (QED) is 0.688. The monoisotopic (exact) mass is 222 g/mol. The van der Waals surface area contributed by atoms with Gasteiger partial charge in [0.2, 0.25) is 0 Å². The predicted molar refractivity (Wildman–Crippen MR) is 54.0 cm³/mol. The molecule has 2 atom stereocenters. The SMILES string of the molecule is CN(C)S(=O)(=O)N[C@H]1CCCC[C@@H]1O. The standard InChI is InChI=1S/C8H18N2O3S/c1-10(2)14(12,13)9-7-5-3-4-6-8(7)11/h7-9,11H,3-6H2,1-2H3/t7-,8-/m0/s1. The van der Waals surface area contributed by atoms with Crippen molar-refractivity contribution in [2.24, 2.45) is 0 Å². The molecule has 1 saturated carbocycles. The van der Waals surface area contributed by atoms with E-state index in [0.717, 1.165) is 17.1 Å². The zero-order valence-corrected chi connectivity index (χ0v) is 9.42. The summed E-state index contributed by atoms with van der Waals surface area (Å²) in [6.45, 7) is 0. The minimum atomic E-state index is -3.41. The van der Waals surface area contributed by atoms with Crippen LogP contribution in [0.5, 0.6) is 0 Å². The Morgan fingerprint density at radius 3 is 2.36 bits per heavy atom. The molecule has 0 aromatic rings. The van der Waals surface area contributed by atoms with Crippen LogP contribution in [0.15, 0.2) is 0 Å². The van der Waals surface area contributed by atoms with Gasteiger partial charge in [0.15, 0.2) is 0 Å². The van der Waals surface area contributed by atoms with E-state index < -0.39 is 16.3 Å². The lowest BCUT2D eigenvalue weighted by Crippen LogP contribution is -2.48. The van der Waals surface area contributed by atoms with Crippen LogP contribution < -0.4 is 4.72 Å². The second-order valence-corrected chi connectivity index (χ2v) is 5.78. The number of rotatable bonds is 3. The van der Waals surface area contributed by atoms with E-state index in [2.05, 4.69) is 4.72 Å². The van der Waals surface area contributed by atoms with E-state index >= 15 is 0 Å². The summed E-state index contributed by atoms with van der Waals surface area (Å²) in [5, 5.41) is 9.57. The highest BCUT2D eigenvalue weighted by atomic mass is 32.2. The first-order valence-electron chi connectivity index (χ1n) is 4.81. The Hall–Kier alpha value is -0.170. The molecule has 2 N–H and O–H groups in total. The average Bonchev–Trinajstić information content (AvgIpc) is 2.08. The molecule has 0 aromatic carbocycles. The van der Waals surface area contributed by atoms with Crippen LogP contribution in [0.25, 0.3) is 0 Å². The number of aliphatic hydroxyl groups is 1. The van der Waals surface area contributed by atoms with Gasteiger partial charge in [0.05, 0.1) is 6.10 Å². The molecular formula is C8H18N2O3S. The fraction of sp³-hybridized carbons (Fsp3) is 1.00. The molecule has 0 heterocycles. The molecule has 14 heavy (non-hydrogen) atoms. The lowest BCUT2D eigenvalue weighted by Gasteiger charge is -2.29. The number of hydrogen-bond donors (Lipinski definition) is 2. The Morgan fingerprint density at radius 1 is 1.29 bits per heavy atom. The normalized spacial score (nSPS) is 29.4. The van der Waals surface area contributed by atoms with Crippen LogP contribution in [0.3, 0.4) is 0 Å². The molecule has 0 amide bonds. The van der Waals surface area contributed by atoms with Crippen molar-refractivity contribution in [1.82, 2.24) is 9.03 Å². The van der Waals surface area contributed by atoms with Gasteiger partial charge < -0.3 is 5.11 Å². The summed E-state index contributed by atoms with van der Waals surface area (Å²) in [5.74, 6) is 0. The molecule has 1 fully saturated rings. The van der Waals surface area contributed by atoms with E-state index in [-0.39, 0.29) is 6.04 Å². The Kier molecular flexibility index (Phi) is 3.88. The third-order valence-corrected chi connectivity index (χ3v) is 4.07. The molecule has 0 saturated heterocycles. The van der Waals surface area contributed by atoms with Gasteiger partial charge in [0.25, 0.3) is 10.2 Å². The topological polar surface area (TPSA) is 69.6 Å². The van der Waals surface area contributed by atoms with E-state index in [9.17, 15) is 13.5 Å². The minimum absolute atomic E-state index is 0.323. The Morgan fingerprint density at radius 2 is 1.86 bits per heavy atom. The van der Waals surface area contributed by atoms with Crippen LogP contribution in [0.4, 0.5) is 0 Å². The van der Waals surface area contributed by atoms with Crippen molar-refractivity contribution in [2.75, 3.05) is 14.1 Å². The van der Waals surface area contributed by atoms with Crippen LogP contribution in [0.1, 0.15) is 25.7 Å². The second kappa shape index (κ2) is 4.57. The lowest BCUT2D eigenvalue weighted by atomic mass is 9.93. The number of hydrogen-bond acceptors (Lipinski definition) is 3. The van der Waals surface area contributed by atoms with Crippen molar-refractivity contribution in [3.63, 3.8) is 0 Å². The van der Waals surface area contributed by atoms with Gasteiger partial charge in [-0.2, -0.15) is 17.4 Å². The molecule has 6 heteroatoms. The van der Waals surface area contributed by atoms with Crippen molar-refractivity contribution < 1.29 is 13.5 Å². The lowest BCUT2D eigenvalue weighted by molar-refractivity contribution is 0.101. The van der Waals surface area contributed by atoms with Crippen molar-refractivity contribution in [2.45, 2.75) is 37.8 Å². The molecule has 0 aromatic heterocycles. The second-order valence-electron chi connectivity index (χ2n) is 3.86. The first-order chi connectivity index (χ1) is 6.43.